The summed E-state index contributed by atoms with van der Waals surface area (Å²) in [6, 6.07) is 4.89. The lowest BCUT2D eigenvalue weighted by atomic mass is 10.0. The summed E-state index contributed by atoms with van der Waals surface area (Å²) in [5.74, 6) is -0.102. The number of rotatable bonds is 5. The van der Waals surface area contributed by atoms with Crippen molar-refractivity contribution in [1.29, 1.82) is 0 Å². The van der Waals surface area contributed by atoms with Crippen LogP contribution < -0.4 is 15.5 Å². The average molecular weight is 290 g/mol. The molecule has 1 fully saturated rings. The predicted octanol–water partition coefficient (Wildman–Crippen LogP) is 1.80. The van der Waals surface area contributed by atoms with Gasteiger partial charge in [-0.1, -0.05) is 13.8 Å². The van der Waals surface area contributed by atoms with Gasteiger partial charge in [0.05, 0.1) is 0 Å². The predicted molar refractivity (Wildman–Crippen MR) is 85.8 cm³/mol. The first kappa shape index (κ1) is 15.8. The standard InChI is InChI=1S/C16H26N4O/c1-4-12-11-20(13(5-2)10-19-12)14-7-8-18-15(9-14)16(21)17-6-3/h7-9,12-13,19H,4-6,10-11H2,1-3H3,(H,17,21). The molecule has 0 spiro atoms. The molecule has 1 amide bonds. The van der Waals surface area contributed by atoms with Gasteiger partial charge in [-0.15, -0.1) is 0 Å². The van der Waals surface area contributed by atoms with Crippen LogP contribution in [0.3, 0.4) is 0 Å². The van der Waals surface area contributed by atoms with Crippen molar-refractivity contribution in [3.05, 3.63) is 24.0 Å². The summed E-state index contributed by atoms with van der Waals surface area (Å²) in [4.78, 5) is 18.5. The second-order valence-electron chi connectivity index (χ2n) is 5.49. The van der Waals surface area contributed by atoms with Crippen LogP contribution in [0.5, 0.6) is 0 Å². The first-order valence-corrected chi connectivity index (χ1v) is 7.93. The van der Waals surface area contributed by atoms with Gasteiger partial charge < -0.3 is 15.5 Å². The van der Waals surface area contributed by atoms with Gasteiger partial charge in [0.25, 0.3) is 5.91 Å². The minimum Gasteiger partial charge on any atom is -0.366 e. The van der Waals surface area contributed by atoms with E-state index in [-0.39, 0.29) is 5.91 Å². The molecule has 1 aliphatic heterocycles. The molecule has 0 bridgehead atoms. The number of piperazine rings is 1. The molecule has 116 valence electrons. The molecule has 5 heteroatoms. The van der Waals surface area contributed by atoms with Crippen LogP contribution in [-0.2, 0) is 0 Å². The molecule has 1 saturated heterocycles. The van der Waals surface area contributed by atoms with E-state index in [0.29, 0.717) is 24.3 Å². The number of hydrogen-bond donors (Lipinski definition) is 2. The van der Waals surface area contributed by atoms with Crippen molar-refractivity contribution in [2.45, 2.75) is 45.7 Å². The first-order chi connectivity index (χ1) is 10.2. The largest absolute Gasteiger partial charge is 0.366 e. The van der Waals surface area contributed by atoms with Crippen LogP contribution in [0, 0.1) is 0 Å². The normalized spacial score (nSPS) is 22.1. The lowest BCUT2D eigenvalue weighted by Crippen LogP contribution is -2.56. The second-order valence-corrected chi connectivity index (χ2v) is 5.49. The Morgan fingerprint density at radius 3 is 2.90 bits per heavy atom. The van der Waals surface area contributed by atoms with Crippen LogP contribution in [0.4, 0.5) is 5.69 Å². The highest BCUT2D eigenvalue weighted by atomic mass is 16.1. The van der Waals surface area contributed by atoms with E-state index in [0.717, 1.165) is 31.6 Å². The van der Waals surface area contributed by atoms with Crippen molar-refractivity contribution in [2.75, 3.05) is 24.5 Å². The van der Waals surface area contributed by atoms with Crippen molar-refractivity contribution >= 4 is 11.6 Å². The molecule has 2 unspecified atom stereocenters. The molecular formula is C16H26N4O. The summed E-state index contributed by atoms with van der Waals surface area (Å²) in [6.45, 7) is 8.92. The third kappa shape index (κ3) is 3.73. The summed E-state index contributed by atoms with van der Waals surface area (Å²) in [7, 11) is 0. The summed E-state index contributed by atoms with van der Waals surface area (Å²) >= 11 is 0. The number of nitrogens with zero attached hydrogens (tertiary/aromatic N) is 2. The molecule has 0 aliphatic carbocycles. The van der Waals surface area contributed by atoms with Gasteiger partial charge in [0.1, 0.15) is 5.69 Å². The summed E-state index contributed by atoms with van der Waals surface area (Å²) in [6.07, 6.45) is 3.93. The molecule has 1 aliphatic rings. The Kier molecular flexibility index (Phi) is 5.56. The van der Waals surface area contributed by atoms with Crippen LogP contribution in [0.2, 0.25) is 0 Å². The third-order valence-corrected chi connectivity index (χ3v) is 4.11. The molecular weight excluding hydrogens is 264 g/mol. The highest BCUT2D eigenvalue weighted by molar-refractivity contribution is 5.93. The van der Waals surface area contributed by atoms with Crippen molar-refractivity contribution in [2.24, 2.45) is 0 Å². The second kappa shape index (κ2) is 7.41. The fourth-order valence-electron chi connectivity index (χ4n) is 2.79. The monoisotopic (exact) mass is 290 g/mol. The Labute approximate surface area is 127 Å². The molecule has 21 heavy (non-hydrogen) atoms. The number of hydrogen-bond acceptors (Lipinski definition) is 4. The minimum atomic E-state index is -0.102. The molecule has 1 aromatic heterocycles. The Bertz CT molecular complexity index is 477. The molecule has 0 saturated carbocycles. The van der Waals surface area contributed by atoms with Crippen LogP contribution in [0.25, 0.3) is 0 Å². The van der Waals surface area contributed by atoms with E-state index < -0.39 is 0 Å². The molecule has 0 radical (unpaired) electrons. The number of anilines is 1. The maximum atomic E-state index is 11.9. The van der Waals surface area contributed by atoms with Crippen molar-refractivity contribution < 1.29 is 4.79 Å². The maximum absolute atomic E-state index is 11.9. The number of nitrogens with one attached hydrogen (secondary N) is 2. The van der Waals surface area contributed by atoms with E-state index in [4.69, 9.17) is 0 Å². The third-order valence-electron chi connectivity index (χ3n) is 4.11. The Morgan fingerprint density at radius 1 is 1.43 bits per heavy atom. The number of carbonyl (C=O) groups excluding carboxylic acids is 1. The van der Waals surface area contributed by atoms with Crippen molar-refractivity contribution in [3.8, 4) is 0 Å². The topological polar surface area (TPSA) is 57.3 Å². The highest BCUT2D eigenvalue weighted by Crippen LogP contribution is 2.22. The summed E-state index contributed by atoms with van der Waals surface area (Å²) in [5.41, 5.74) is 1.59. The zero-order chi connectivity index (χ0) is 15.2. The average Bonchev–Trinajstić information content (AvgIpc) is 2.54. The van der Waals surface area contributed by atoms with Crippen LogP contribution in [-0.4, -0.2) is 42.6 Å². The quantitative estimate of drug-likeness (QED) is 0.868. The smallest absolute Gasteiger partial charge is 0.269 e. The number of aromatic nitrogens is 1. The maximum Gasteiger partial charge on any atom is 0.269 e. The van der Waals surface area contributed by atoms with E-state index in [1.807, 2.05) is 19.1 Å². The van der Waals surface area contributed by atoms with Gasteiger partial charge in [0.2, 0.25) is 0 Å². The number of pyridine rings is 1. The van der Waals surface area contributed by atoms with Gasteiger partial charge >= 0.3 is 0 Å². The molecule has 0 aromatic carbocycles. The van der Waals surface area contributed by atoms with Crippen molar-refractivity contribution in [3.63, 3.8) is 0 Å². The van der Waals surface area contributed by atoms with Gasteiger partial charge in [0.15, 0.2) is 0 Å². The van der Waals surface area contributed by atoms with Crippen molar-refractivity contribution in [1.82, 2.24) is 15.6 Å². The fraction of sp³-hybridized carbons (Fsp3) is 0.625. The van der Waals surface area contributed by atoms with E-state index in [2.05, 4.69) is 34.4 Å². The zero-order valence-electron chi connectivity index (χ0n) is 13.2. The van der Waals surface area contributed by atoms with Crippen LogP contribution >= 0.6 is 0 Å². The van der Waals surface area contributed by atoms with Crippen LogP contribution in [0.15, 0.2) is 18.3 Å². The van der Waals surface area contributed by atoms with E-state index in [9.17, 15) is 4.79 Å². The SMILES string of the molecule is CCNC(=O)c1cc(N2CC(CC)NCC2CC)ccn1. The fourth-order valence-corrected chi connectivity index (χ4v) is 2.79. The van der Waals surface area contributed by atoms with E-state index in [1.54, 1.807) is 6.20 Å². The Morgan fingerprint density at radius 2 is 2.24 bits per heavy atom. The van der Waals surface area contributed by atoms with Gasteiger partial charge in [-0.2, -0.15) is 0 Å². The summed E-state index contributed by atoms with van der Waals surface area (Å²) in [5, 5.41) is 6.40. The molecule has 2 atom stereocenters. The lowest BCUT2D eigenvalue weighted by molar-refractivity contribution is 0.0951. The lowest BCUT2D eigenvalue weighted by Gasteiger charge is -2.41. The Hall–Kier alpha value is -1.62. The van der Waals surface area contributed by atoms with Crippen LogP contribution in [0.1, 0.15) is 44.1 Å². The van der Waals surface area contributed by atoms with Gasteiger partial charge in [-0.25, -0.2) is 0 Å². The number of amides is 1. The molecule has 2 N–H and O–H groups in total. The van der Waals surface area contributed by atoms with E-state index >= 15 is 0 Å². The minimum absolute atomic E-state index is 0.102. The molecule has 2 rings (SSSR count). The molecule has 2 heterocycles. The first-order valence-electron chi connectivity index (χ1n) is 7.93. The van der Waals surface area contributed by atoms with Gasteiger partial charge in [0, 0.05) is 43.6 Å². The molecule has 1 aromatic rings. The zero-order valence-corrected chi connectivity index (χ0v) is 13.2. The Balaban J connectivity index is 2.21. The van der Waals surface area contributed by atoms with Gasteiger partial charge in [-0.3, -0.25) is 9.78 Å². The molecule has 5 nitrogen and oxygen atoms in total. The number of carbonyl (C=O) groups is 1. The van der Waals surface area contributed by atoms with Gasteiger partial charge in [-0.05, 0) is 31.9 Å². The summed E-state index contributed by atoms with van der Waals surface area (Å²) < 4.78 is 0. The van der Waals surface area contributed by atoms with E-state index in [1.165, 1.54) is 0 Å². The highest BCUT2D eigenvalue weighted by Gasteiger charge is 2.26.